The van der Waals surface area contributed by atoms with Crippen LogP contribution < -0.4 is 10.2 Å². The van der Waals surface area contributed by atoms with Gasteiger partial charge in [0.05, 0.1) is 17.0 Å². The molecule has 4 rings (SSSR count). The molecule has 162 valence electrons. The van der Waals surface area contributed by atoms with Crippen molar-refractivity contribution in [2.24, 2.45) is 5.92 Å². The van der Waals surface area contributed by atoms with Gasteiger partial charge in [-0.3, -0.25) is 4.79 Å². The predicted octanol–water partition coefficient (Wildman–Crippen LogP) is 3.08. The number of anilines is 1. The van der Waals surface area contributed by atoms with Crippen molar-refractivity contribution < 1.29 is 14.1 Å². The SMILES string of the molecule is Cc1cc(-c2cnc(N(C)C)nc2C2CCC(CNC(=O)C3CCCO3)CC2)on1. The third-order valence-corrected chi connectivity index (χ3v) is 6.12. The van der Waals surface area contributed by atoms with E-state index in [9.17, 15) is 4.79 Å². The molecule has 1 amide bonds. The minimum Gasteiger partial charge on any atom is -0.368 e. The molecule has 1 aliphatic carbocycles. The van der Waals surface area contributed by atoms with E-state index in [-0.39, 0.29) is 12.0 Å². The first-order valence-electron chi connectivity index (χ1n) is 10.9. The van der Waals surface area contributed by atoms with Gasteiger partial charge in [0.25, 0.3) is 0 Å². The third kappa shape index (κ3) is 4.64. The highest BCUT2D eigenvalue weighted by Gasteiger charge is 2.29. The van der Waals surface area contributed by atoms with Crippen LogP contribution in [-0.4, -0.2) is 54.4 Å². The van der Waals surface area contributed by atoms with E-state index >= 15 is 0 Å². The topological polar surface area (TPSA) is 93.4 Å². The fourth-order valence-corrected chi connectivity index (χ4v) is 4.38. The number of ether oxygens (including phenoxy) is 1. The molecule has 1 aliphatic heterocycles. The van der Waals surface area contributed by atoms with Crippen LogP contribution in [0.2, 0.25) is 0 Å². The highest BCUT2D eigenvalue weighted by atomic mass is 16.5. The molecule has 8 heteroatoms. The summed E-state index contributed by atoms with van der Waals surface area (Å²) in [6.45, 7) is 3.34. The van der Waals surface area contributed by atoms with E-state index in [1.165, 1.54) is 0 Å². The number of hydrogen-bond donors (Lipinski definition) is 1. The fourth-order valence-electron chi connectivity index (χ4n) is 4.38. The van der Waals surface area contributed by atoms with Crippen molar-refractivity contribution in [2.45, 2.75) is 57.5 Å². The van der Waals surface area contributed by atoms with Gasteiger partial charge in [-0.05, 0) is 51.4 Å². The van der Waals surface area contributed by atoms with Gasteiger partial charge in [-0.25, -0.2) is 9.97 Å². The van der Waals surface area contributed by atoms with Gasteiger partial charge in [0.1, 0.15) is 6.10 Å². The molecule has 1 N–H and O–H groups in total. The second kappa shape index (κ2) is 9.12. The second-order valence-electron chi connectivity index (χ2n) is 8.66. The number of carbonyl (C=O) groups is 1. The number of hydrogen-bond acceptors (Lipinski definition) is 7. The van der Waals surface area contributed by atoms with Gasteiger partial charge in [-0.1, -0.05) is 5.16 Å². The first kappa shape index (κ1) is 20.8. The summed E-state index contributed by atoms with van der Waals surface area (Å²) in [6.07, 6.45) is 7.61. The Kier molecular flexibility index (Phi) is 6.32. The molecule has 2 aliphatic rings. The Morgan fingerprint density at radius 2 is 2.03 bits per heavy atom. The average Bonchev–Trinajstić information content (AvgIpc) is 3.44. The third-order valence-electron chi connectivity index (χ3n) is 6.12. The highest BCUT2D eigenvalue weighted by Crippen LogP contribution is 2.39. The van der Waals surface area contributed by atoms with E-state index in [4.69, 9.17) is 14.2 Å². The van der Waals surface area contributed by atoms with Crippen LogP contribution in [0.1, 0.15) is 55.8 Å². The summed E-state index contributed by atoms with van der Waals surface area (Å²) < 4.78 is 11.0. The van der Waals surface area contributed by atoms with Crippen LogP contribution in [0, 0.1) is 12.8 Å². The zero-order valence-corrected chi connectivity index (χ0v) is 18.1. The minimum atomic E-state index is -0.250. The van der Waals surface area contributed by atoms with Crippen LogP contribution in [0.5, 0.6) is 0 Å². The molecule has 2 aromatic heterocycles. The monoisotopic (exact) mass is 413 g/mol. The lowest BCUT2D eigenvalue weighted by Crippen LogP contribution is -2.37. The number of amides is 1. The van der Waals surface area contributed by atoms with Crippen molar-refractivity contribution in [3.63, 3.8) is 0 Å². The Hall–Kier alpha value is -2.48. The first-order chi connectivity index (χ1) is 14.5. The van der Waals surface area contributed by atoms with Crippen LogP contribution in [0.15, 0.2) is 16.8 Å². The van der Waals surface area contributed by atoms with E-state index in [1.54, 1.807) is 0 Å². The summed E-state index contributed by atoms with van der Waals surface area (Å²) in [7, 11) is 3.90. The van der Waals surface area contributed by atoms with E-state index in [0.717, 1.165) is 67.8 Å². The Bertz CT molecular complexity index is 867. The standard InChI is InChI=1S/C22H31N5O3/c1-14-11-19(30-26-14)17-13-24-22(27(2)3)25-20(17)16-8-6-15(7-9-16)12-23-21(28)18-5-4-10-29-18/h11,13,15-16,18H,4-10,12H2,1-3H3,(H,23,28). The van der Waals surface area contributed by atoms with Crippen LogP contribution in [0.3, 0.4) is 0 Å². The van der Waals surface area contributed by atoms with Crippen molar-refractivity contribution in [1.29, 1.82) is 0 Å². The Morgan fingerprint density at radius 3 is 2.67 bits per heavy atom. The summed E-state index contributed by atoms with van der Waals surface area (Å²) >= 11 is 0. The van der Waals surface area contributed by atoms with Gasteiger partial charge in [0, 0.05) is 45.4 Å². The molecule has 0 radical (unpaired) electrons. The maximum Gasteiger partial charge on any atom is 0.249 e. The van der Waals surface area contributed by atoms with E-state index in [2.05, 4.69) is 15.5 Å². The largest absolute Gasteiger partial charge is 0.368 e. The summed E-state index contributed by atoms with van der Waals surface area (Å²) in [5.41, 5.74) is 2.81. The van der Waals surface area contributed by atoms with Crippen LogP contribution in [0.4, 0.5) is 5.95 Å². The number of carbonyl (C=O) groups excluding carboxylic acids is 1. The predicted molar refractivity (Wildman–Crippen MR) is 113 cm³/mol. The lowest BCUT2D eigenvalue weighted by molar-refractivity contribution is -0.130. The number of nitrogens with one attached hydrogen (secondary N) is 1. The molecule has 1 saturated carbocycles. The van der Waals surface area contributed by atoms with Gasteiger partial charge in [0.2, 0.25) is 11.9 Å². The van der Waals surface area contributed by atoms with Crippen LogP contribution in [0.25, 0.3) is 11.3 Å². The van der Waals surface area contributed by atoms with Crippen molar-refractivity contribution >= 4 is 11.9 Å². The molecule has 0 spiro atoms. The first-order valence-corrected chi connectivity index (χ1v) is 10.9. The molecule has 30 heavy (non-hydrogen) atoms. The summed E-state index contributed by atoms with van der Waals surface area (Å²) in [6, 6.07) is 1.93. The van der Waals surface area contributed by atoms with Crippen LogP contribution >= 0.6 is 0 Å². The number of rotatable bonds is 6. The molecule has 0 aromatic carbocycles. The normalized spacial score (nSPS) is 24.0. The molecule has 1 saturated heterocycles. The molecular formula is C22H31N5O3. The molecule has 1 atom stereocenters. The lowest BCUT2D eigenvalue weighted by atomic mass is 9.79. The van der Waals surface area contributed by atoms with Gasteiger partial charge < -0.3 is 19.5 Å². The van der Waals surface area contributed by atoms with Crippen molar-refractivity contribution in [1.82, 2.24) is 20.4 Å². The number of aryl methyl sites for hydroxylation is 1. The average molecular weight is 414 g/mol. The van der Waals surface area contributed by atoms with Crippen molar-refractivity contribution in [2.75, 3.05) is 32.1 Å². The zero-order chi connectivity index (χ0) is 21.1. The quantitative estimate of drug-likeness (QED) is 0.778. The van der Waals surface area contributed by atoms with Crippen molar-refractivity contribution in [3.05, 3.63) is 23.7 Å². The van der Waals surface area contributed by atoms with E-state index in [1.807, 2.05) is 38.2 Å². The molecule has 8 nitrogen and oxygen atoms in total. The van der Waals surface area contributed by atoms with Gasteiger partial charge in [-0.15, -0.1) is 0 Å². The molecule has 2 fully saturated rings. The molecule has 1 unspecified atom stereocenters. The number of aromatic nitrogens is 3. The van der Waals surface area contributed by atoms with Crippen LogP contribution in [-0.2, 0) is 9.53 Å². The highest BCUT2D eigenvalue weighted by molar-refractivity contribution is 5.80. The molecular weight excluding hydrogens is 382 g/mol. The zero-order valence-electron chi connectivity index (χ0n) is 18.1. The Balaban J connectivity index is 1.42. The van der Waals surface area contributed by atoms with Gasteiger partial charge in [0.15, 0.2) is 5.76 Å². The summed E-state index contributed by atoms with van der Waals surface area (Å²) in [5, 5.41) is 7.12. The van der Waals surface area contributed by atoms with Gasteiger partial charge in [-0.2, -0.15) is 0 Å². The second-order valence-corrected chi connectivity index (χ2v) is 8.66. The number of nitrogens with zero attached hydrogens (tertiary/aromatic N) is 4. The molecule has 3 heterocycles. The molecule has 2 aromatic rings. The summed E-state index contributed by atoms with van der Waals surface area (Å²) in [4.78, 5) is 23.5. The maximum absolute atomic E-state index is 12.2. The lowest BCUT2D eigenvalue weighted by Gasteiger charge is -2.29. The Morgan fingerprint density at radius 1 is 1.23 bits per heavy atom. The molecule has 0 bridgehead atoms. The van der Waals surface area contributed by atoms with E-state index in [0.29, 0.717) is 24.4 Å². The maximum atomic E-state index is 12.2. The summed E-state index contributed by atoms with van der Waals surface area (Å²) in [5.74, 6) is 2.31. The smallest absolute Gasteiger partial charge is 0.249 e. The minimum absolute atomic E-state index is 0.0454. The Labute approximate surface area is 177 Å². The van der Waals surface area contributed by atoms with E-state index < -0.39 is 0 Å². The van der Waals surface area contributed by atoms with Crippen molar-refractivity contribution in [3.8, 4) is 11.3 Å². The van der Waals surface area contributed by atoms with Gasteiger partial charge >= 0.3 is 0 Å². The fraction of sp³-hybridized carbons (Fsp3) is 0.636.